The Hall–Kier alpha value is -0.580. The average molecular weight is 358 g/mol. The molecule has 3 nitrogen and oxygen atoms in total. The van der Waals surface area contributed by atoms with Gasteiger partial charge in [0.25, 0.3) is 0 Å². The van der Waals surface area contributed by atoms with Crippen LogP contribution in [0.1, 0.15) is 46.1 Å². The van der Waals surface area contributed by atoms with Gasteiger partial charge in [-0.3, -0.25) is 0 Å². The minimum absolute atomic E-state index is 0.00657. The number of nitrogens with one attached hydrogen (secondary N) is 1. The molecule has 0 spiro atoms. The molecule has 1 atom stereocenters. The third-order valence-corrected chi connectivity index (χ3v) is 3.59. The minimum Gasteiger partial charge on any atom is -0.486 e. The third-order valence-electron chi connectivity index (χ3n) is 3.10. The summed E-state index contributed by atoms with van der Waals surface area (Å²) >= 11 is 3.53. The van der Waals surface area contributed by atoms with Crippen LogP contribution < -0.4 is 10.1 Å². The molecular formula is C17H28BrNO2. The number of rotatable bonds is 7. The molecule has 4 heteroatoms. The van der Waals surface area contributed by atoms with E-state index in [-0.39, 0.29) is 11.6 Å². The number of halogens is 1. The van der Waals surface area contributed by atoms with Crippen molar-refractivity contribution in [3.8, 4) is 5.75 Å². The molecule has 21 heavy (non-hydrogen) atoms. The Bertz CT molecular complexity index is 441. The van der Waals surface area contributed by atoms with Crippen LogP contribution in [0, 0.1) is 0 Å². The van der Waals surface area contributed by atoms with Crippen LogP contribution in [0.2, 0.25) is 0 Å². The van der Waals surface area contributed by atoms with E-state index >= 15 is 0 Å². The molecule has 0 radical (unpaired) electrons. The highest BCUT2D eigenvalue weighted by Gasteiger charge is 2.18. The number of hydrogen-bond acceptors (Lipinski definition) is 3. The largest absolute Gasteiger partial charge is 0.486 e. The molecule has 1 N–H and O–H groups in total. The first-order chi connectivity index (χ1) is 9.73. The molecule has 0 aliphatic rings. The summed E-state index contributed by atoms with van der Waals surface area (Å²) in [5.74, 6) is 1.35. The SMILES string of the molecule is COCC(CNC(C)(C)C)Oc1ccc(Br)cc1C(C)C. The molecule has 0 saturated heterocycles. The molecule has 0 saturated carbocycles. The number of ether oxygens (including phenoxy) is 2. The highest BCUT2D eigenvalue weighted by atomic mass is 79.9. The monoisotopic (exact) mass is 357 g/mol. The van der Waals surface area contributed by atoms with E-state index < -0.39 is 0 Å². The first kappa shape index (κ1) is 18.5. The van der Waals surface area contributed by atoms with Crippen molar-refractivity contribution in [2.75, 3.05) is 20.3 Å². The van der Waals surface area contributed by atoms with Crippen molar-refractivity contribution in [2.45, 2.75) is 52.2 Å². The van der Waals surface area contributed by atoms with Crippen molar-refractivity contribution in [3.63, 3.8) is 0 Å². The molecule has 0 fully saturated rings. The van der Waals surface area contributed by atoms with Gasteiger partial charge in [-0.1, -0.05) is 29.8 Å². The van der Waals surface area contributed by atoms with Gasteiger partial charge in [-0.25, -0.2) is 0 Å². The van der Waals surface area contributed by atoms with E-state index in [4.69, 9.17) is 9.47 Å². The predicted octanol–water partition coefficient (Wildman–Crippen LogP) is 4.35. The fraction of sp³-hybridized carbons (Fsp3) is 0.647. The molecule has 0 heterocycles. The second kappa shape index (κ2) is 8.16. The van der Waals surface area contributed by atoms with E-state index in [1.165, 1.54) is 5.56 Å². The molecule has 1 aromatic carbocycles. The zero-order chi connectivity index (χ0) is 16.0. The van der Waals surface area contributed by atoms with E-state index in [0.717, 1.165) is 16.8 Å². The molecule has 1 unspecified atom stereocenters. The van der Waals surface area contributed by atoms with Crippen LogP contribution >= 0.6 is 15.9 Å². The lowest BCUT2D eigenvalue weighted by Crippen LogP contribution is -2.44. The van der Waals surface area contributed by atoms with Crippen molar-refractivity contribution < 1.29 is 9.47 Å². The lowest BCUT2D eigenvalue weighted by molar-refractivity contribution is 0.0757. The first-order valence-corrected chi connectivity index (χ1v) is 8.22. The molecule has 120 valence electrons. The zero-order valence-corrected chi connectivity index (χ0v) is 15.6. The maximum absolute atomic E-state index is 6.19. The van der Waals surface area contributed by atoms with E-state index in [2.05, 4.69) is 61.9 Å². The summed E-state index contributed by atoms with van der Waals surface area (Å²) in [6.45, 7) is 12.1. The Kier molecular flexibility index (Phi) is 7.17. The second-order valence-electron chi connectivity index (χ2n) is 6.66. The van der Waals surface area contributed by atoms with Crippen LogP contribution in [-0.2, 0) is 4.74 Å². The summed E-state index contributed by atoms with van der Waals surface area (Å²) in [5, 5.41) is 3.47. The van der Waals surface area contributed by atoms with Crippen LogP contribution in [-0.4, -0.2) is 31.9 Å². The molecule has 0 bridgehead atoms. The Morgan fingerprint density at radius 1 is 1.24 bits per heavy atom. The van der Waals surface area contributed by atoms with Crippen LogP contribution in [0.25, 0.3) is 0 Å². The fourth-order valence-electron chi connectivity index (χ4n) is 2.00. The highest BCUT2D eigenvalue weighted by Crippen LogP contribution is 2.30. The zero-order valence-electron chi connectivity index (χ0n) is 14.0. The molecule has 0 aliphatic heterocycles. The van der Waals surface area contributed by atoms with Crippen molar-refractivity contribution in [1.29, 1.82) is 0 Å². The Labute approximate surface area is 137 Å². The topological polar surface area (TPSA) is 30.5 Å². The van der Waals surface area contributed by atoms with Crippen LogP contribution in [0.3, 0.4) is 0 Å². The number of benzene rings is 1. The molecular weight excluding hydrogens is 330 g/mol. The summed E-state index contributed by atoms with van der Waals surface area (Å²) in [5.41, 5.74) is 1.27. The van der Waals surface area contributed by atoms with Crippen LogP contribution in [0.5, 0.6) is 5.75 Å². The lowest BCUT2D eigenvalue weighted by Gasteiger charge is -2.27. The Morgan fingerprint density at radius 3 is 2.43 bits per heavy atom. The molecule has 0 amide bonds. The first-order valence-electron chi connectivity index (χ1n) is 7.43. The van der Waals surface area contributed by atoms with Crippen molar-refractivity contribution in [2.24, 2.45) is 0 Å². The predicted molar refractivity (Wildman–Crippen MR) is 92.3 cm³/mol. The second-order valence-corrected chi connectivity index (χ2v) is 7.58. The van der Waals surface area contributed by atoms with Gasteiger partial charge < -0.3 is 14.8 Å². The quantitative estimate of drug-likeness (QED) is 0.786. The van der Waals surface area contributed by atoms with Gasteiger partial charge in [-0.2, -0.15) is 0 Å². The van der Waals surface area contributed by atoms with E-state index in [0.29, 0.717) is 12.5 Å². The van der Waals surface area contributed by atoms with Gasteiger partial charge in [0.2, 0.25) is 0 Å². The minimum atomic E-state index is -0.00657. The van der Waals surface area contributed by atoms with Gasteiger partial charge in [0, 0.05) is 23.7 Å². The normalized spacial score (nSPS) is 13.5. The summed E-state index contributed by atoms with van der Waals surface area (Å²) in [4.78, 5) is 0. The molecule has 0 aliphatic carbocycles. The summed E-state index contributed by atoms with van der Waals surface area (Å²) in [6.07, 6.45) is -0.00657. The lowest BCUT2D eigenvalue weighted by atomic mass is 10.0. The standard InChI is InChI=1S/C17H28BrNO2/c1-12(2)15-9-13(18)7-8-16(15)21-14(11-20-6)10-19-17(3,4)5/h7-9,12,14,19H,10-11H2,1-6H3. The van der Waals surface area contributed by atoms with Gasteiger partial charge in [-0.05, 0) is 50.5 Å². The van der Waals surface area contributed by atoms with E-state index in [1.807, 2.05) is 12.1 Å². The van der Waals surface area contributed by atoms with Crippen molar-refractivity contribution >= 4 is 15.9 Å². The Morgan fingerprint density at radius 2 is 1.90 bits per heavy atom. The smallest absolute Gasteiger partial charge is 0.134 e. The molecule has 0 aromatic heterocycles. The van der Waals surface area contributed by atoms with Gasteiger partial charge in [-0.15, -0.1) is 0 Å². The highest BCUT2D eigenvalue weighted by molar-refractivity contribution is 9.10. The maximum atomic E-state index is 6.19. The van der Waals surface area contributed by atoms with Gasteiger partial charge in [0.15, 0.2) is 0 Å². The average Bonchev–Trinajstić information content (AvgIpc) is 2.37. The van der Waals surface area contributed by atoms with Gasteiger partial charge in [0.05, 0.1) is 6.61 Å². The molecule has 1 aromatic rings. The number of hydrogen-bond donors (Lipinski definition) is 1. The van der Waals surface area contributed by atoms with Gasteiger partial charge in [0.1, 0.15) is 11.9 Å². The van der Waals surface area contributed by atoms with Crippen molar-refractivity contribution in [3.05, 3.63) is 28.2 Å². The summed E-state index contributed by atoms with van der Waals surface area (Å²) < 4.78 is 12.6. The molecule has 1 rings (SSSR count). The third kappa shape index (κ3) is 6.81. The van der Waals surface area contributed by atoms with Crippen LogP contribution in [0.4, 0.5) is 0 Å². The Balaban J connectivity index is 2.83. The fourth-order valence-corrected chi connectivity index (χ4v) is 2.38. The van der Waals surface area contributed by atoms with Crippen molar-refractivity contribution in [1.82, 2.24) is 5.32 Å². The van der Waals surface area contributed by atoms with E-state index in [9.17, 15) is 0 Å². The van der Waals surface area contributed by atoms with Crippen LogP contribution in [0.15, 0.2) is 22.7 Å². The summed E-state index contributed by atoms with van der Waals surface area (Å²) in [7, 11) is 1.71. The van der Waals surface area contributed by atoms with E-state index in [1.54, 1.807) is 7.11 Å². The summed E-state index contributed by atoms with van der Waals surface area (Å²) in [6, 6.07) is 6.17. The van der Waals surface area contributed by atoms with Gasteiger partial charge >= 0.3 is 0 Å². The maximum Gasteiger partial charge on any atom is 0.134 e. The number of methoxy groups -OCH3 is 1.